The van der Waals surface area contributed by atoms with Crippen molar-refractivity contribution in [3.05, 3.63) is 35.9 Å². The van der Waals surface area contributed by atoms with E-state index in [2.05, 4.69) is 0 Å². The summed E-state index contributed by atoms with van der Waals surface area (Å²) < 4.78 is 10.6. The number of carbonyl (C=O) groups is 2. The van der Waals surface area contributed by atoms with Gasteiger partial charge in [-0.05, 0) is 18.9 Å². The van der Waals surface area contributed by atoms with Crippen LogP contribution in [-0.2, 0) is 19.1 Å². The second kappa shape index (κ2) is 5.87. The molecule has 4 nitrogen and oxygen atoms in total. The Morgan fingerprint density at radius 1 is 1.37 bits per heavy atom. The van der Waals surface area contributed by atoms with E-state index in [9.17, 15) is 9.59 Å². The normalized spacial score (nSPS) is 21.6. The first-order valence-corrected chi connectivity index (χ1v) is 6.49. The summed E-state index contributed by atoms with van der Waals surface area (Å²) in [6.45, 7) is 3.23. The number of rotatable bonds is 4. The number of cyclic esters (lactones) is 1. The molecule has 1 aliphatic rings. The van der Waals surface area contributed by atoms with Gasteiger partial charge >= 0.3 is 11.9 Å². The highest BCUT2D eigenvalue weighted by Crippen LogP contribution is 2.33. The molecule has 102 valence electrons. The molecule has 3 atom stereocenters. The fourth-order valence-corrected chi connectivity index (χ4v) is 2.60. The van der Waals surface area contributed by atoms with Crippen molar-refractivity contribution in [3.8, 4) is 0 Å². The third-order valence-corrected chi connectivity index (χ3v) is 3.36. The molecule has 1 heterocycles. The zero-order valence-corrected chi connectivity index (χ0v) is 11.2. The van der Waals surface area contributed by atoms with E-state index in [0.29, 0.717) is 12.8 Å². The van der Waals surface area contributed by atoms with E-state index in [4.69, 9.17) is 9.47 Å². The van der Waals surface area contributed by atoms with Gasteiger partial charge in [0.05, 0.1) is 5.92 Å². The lowest BCUT2D eigenvalue weighted by Crippen LogP contribution is -2.31. The zero-order chi connectivity index (χ0) is 13.8. The SMILES string of the molecule is CC(=O)O[C@@H](C)[C@@H](c1ccccc1)[C@H]1CCC(=O)O1. The summed E-state index contributed by atoms with van der Waals surface area (Å²) in [7, 11) is 0. The minimum absolute atomic E-state index is 0.114. The molecular formula is C15H18O4. The number of benzene rings is 1. The third-order valence-electron chi connectivity index (χ3n) is 3.36. The van der Waals surface area contributed by atoms with Gasteiger partial charge in [-0.3, -0.25) is 9.59 Å². The maximum atomic E-state index is 11.3. The van der Waals surface area contributed by atoms with E-state index >= 15 is 0 Å². The van der Waals surface area contributed by atoms with Gasteiger partial charge < -0.3 is 9.47 Å². The van der Waals surface area contributed by atoms with Gasteiger partial charge in [0, 0.05) is 13.3 Å². The number of carbonyl (C=O) groups excluding carboxylic acids is 2. The second-order valence-corrected chi connectivity index (χ2v) is 4.82. The molecule has 1 fully saturated rings. The zero-order valence-electron chi connectivity index (χ0n) is 11.2. The first-order valence-electron chi connectivity index (χ1n) is 6.49. The minimum Gasteiger partial charge on any atom is -0.462 e. The molecule has 19 heavy (non-hydrogen) atoms. The second-order valence-electron chi connectivity index (χ2n) is 4.82. The summed E-state index contributed by atoms with van der Waals surface area (Å²) in [6, 6.07) is 9.73. The first kappa shape index (κ1) is 13.6. The Labute approximate surface area is 112 Å². The molecule has 1 aromatic carbocycles. The molecule has 1 aromatic rings. The van der Waals surface area contributed by atoms with E-state index in [0.717, 1.165) is 5.56 Å². The lowest BCUT2D eigenvalue weighted by Gasteiger charge is -2.28. The van der Waals surface area contributed by atoms with Crippen molar-refractivity contribution in [3.63, 3.8) is 0 Å². The average molecular weight is 262 g/mol. The van der Waals surface area contributed by atoms with Crippen LogP contribution in [0.2, 0.25) is 0 Å². The fraction of sp³-hybridized carbons (Fsp3) is 0.467. The average Bonchev–Trinajstić information content (AvgIpc) is 2.76. The summed E-state index contributed by atoms with van der Waals surface area (Å²) in [5.74, 6) is -0.615. The molecule has 4 heteroatoms. The lowest BCUT2D eigenvalue weighted by atomic mass is 9.87. The summed E-state index contributed by atoms with van der Waals surface area (Å²) in [4.78, 5) is 22.4. The molecule has 0 amide bonds. The third kappa shape index (κ3) is 3.34. The van der Waals surface area contributed by atoms with Gasteiger partial charge in [0.25, 0.3) is 0 Å². The van der Waals surface area contributed by atoms with E-state index in [-0.39, 0.29) is 30.1 Å². The van der Waals surface area contributed by atoms with Gasteiger partial charge in [0.15, 0.2) is 0 Å². The van der Waals surface area contributed by atoms with Crippen LogP contribution in [0.3, 0.4) is 0 Å². The van der Waals surface area contributed by atoms with Crippen molar-refractivity contribution in [1.82, 2.24) is 0 Å². The molecule has 0 saturated carbocycles. The van der Waals surface area contributed by atoms with Crippen LogP contribution in [0.4, 0.5) is 0 Å². The molecule has 0 bridgehead atoms. The van der Waals surface area contributed by atoms with Crippen LogP contribution in [0.1, 0.15) is 38.2 Å². The molecule has 1 aliphatic heterocycles. The van der Waals surface area contributed by atoms with Crippen LogP contribution in [0.25, 0.3) is 0 Å². The Hall–Kier alpha value is -1.84. The standard InChI is InChI=1S/C15H18O4/c1-10(18-11(2)16)15(12-6-4-3-5-7-12)13-8-9-14(17)19-13/h3-7,10,13,15H,8-9H2,1-2H3/t10-,13+,15-/m0/s1. The highest BCUT2D eigenvalue weighted by atomic mass is 16.6. The Balaban J connectivity index is 2.22. The highest BCUT2D eigenvalue weighted by Gasteiger charge is 2.36. The Morgan fingerprint density at radius 2 is 2.05 bits per heavy atom. The Bertz CT molecular complexity index is 454. The Morgan fingerprint density at radius 3 is 2.58 bits per heavy atom. The van der Waals surface area contributed by atoms with Crippen molar-refractivity contribution in [2.45, 2.75) is 44.8 Å². The smallest absolute Gasteiger partial charge is 0.306 e. The molecule has 0 aromatic heterocycles. The van der Waals surface area contributed by atoms with Gasteiger partial charge in [0.2, 0.25) is 0 Å². The monoisotopic (exact) mass is 262 g/mol. The van der Waals surface area contributed by atoms with Crippen molar-refractivity contribution < 1.29 is 19.1 Å². The summed E-state index contributed by atoms with van der Waals surface area (Å²) in [5.41, 5.74) is 1.02. The van der Waals surface area contributed by atoms with E-state index in [1.807, 2.05) is 37.3 Å². The van der Waals surface area contributed by atoms with Crippen molar-refractivity contribution in [1.29, 1.82) is 0 Å². The van der Waals surface area contributed by atoms with Crippen LogP contribution >= 0.6 is 0 Å². The summed E-state index contributed by atoms with van der Waals surface area (Å²) >= 11 is 0. The predicted octanol–water partition coefficient (Wildman–Crippen LogP) is 2.43. The molecule has 0 N–H and O–H groups in total. The quantitative estimate of drug-likeness (QED) is 0.782. The maximum Gasteiger partial charge on any atom is 0.306 e. The van der Waals surface area contributed by atoms with Crippen molar-refractivity contribution in [2.75, 3.05) is 0 Å². The van der Waals surface area contributed by atoms with Gasteiger partial charge in [0.1, 0.15) is 12.2 Å². The first-order chi connectivity index (χ1) is 9.08. The van der Waals surface area contributed by atoms with Crippen LogP contribution in [0.5, 0.6) is 0 Å². The van der Waals surface area contributed by atoms with E-state index < -0.39 is 0 Å². The van der Waals surface area contributed by atoms with Crippen LogP contribution < -0.4 is 0 Å². The van der Waals surface area contributed by atoms with Gasteiger partial charge in [-0.1, -0.05) is 30.3 Å². The molecule has 1 saturated heterocycles. The maximum absolute atomic E-state index is 11.3. The van der Waals surface area contributed by atoms with E-state index in [1.54, 1.807) is 0 Å². The number of hydrogen-bond donors (Lipinski definition) is 0. The molecule has 0 unspecified atom stereocenters. The van der Waals surface area contributed by atoms with Crippen LogP contribution in [0, 0.1) is 0 Å². The minimum atomic E-state index is -0.323. The summed E-state index contributed by atoms with van der Waals surface area (Å²) in [5, 5.41) is 0. The molecule has 0 radical (unpaired) electrons. The molecule has 0 spiro atoms. The van der Waals surface area contributed by atoms with Crippen molar-refractivity contribution >= 4 is 11.9 Å². The van der Waals surface area contributed by atoms with E-state index in [1.165, 1.54) is 6.92 Å². The lowest BCUT2D eigenvalue weighted by molar-refractivity contribution is -0.150. The van der Waals surface area contributed by atoms with Gasteiger partial charge in [-0.25, -0.2) is 0 Å². The molecule has 2 rings (SSSR count). The van der Waals surface area contributed by atoms with Gasteiger partial charge in [-0.15, -0.1) is 0 Å². The van der Waals surface area contributed by atoms with Crippen LogP contribution in [-0.4, -0.2) is 24.1 Å². The van der Waals surface area contributed by atoms with Crippen molar-refractivity contribution in [2.24, 2.45) is 0 Å². The van der Waals surface area contributed by atoms with Crippen LogP contribution in [0.15, 0.2) is 30.3 Å². The molecular weight excluding hydrogens is 244 g/mol. The predicted molar refractivity (Wildman–Crippen MR) is 69.5 cm³/mol. The summed E-state index contributed by atoms with van der Waals surface area (Å²) in [6.07, 6.45) is 0.560. The number of esters is 2. The number of hydrogen-bond acceptors (Lipinski definition) is 4. The topological polar surface area (TPSA) is 52.6 Å². The fourth-order valence-electron chi connectivity index (χ4n) is 2.60. The number of ether oxygens (including phenoxy) is 2. The largest absolute Gasteiger partial charge is 0.462 e. The van der Waals surface area contributed by atoms with Gasteiger partial charge in [-0.2, -0.15) is 0 Å². The Kier molecular flexibility index (Phi) is 4.20. The highest BCUT2D eigenvalue weighted by molar-refractivity contribution is 5.71. The molecule has 0 aliphatic carbocycles.